The van der Waals surface area contributed by atoms with E-state index in [2.05, 4.69) is 76.4 Å². The number of amides is 13. The highest BCUT2D eigenvalue weighted by molar-refractivity contribution is 7.80. The molecule has 11 rings (SSSR count). The van der Waals surface area contributed by atoms with E-state index >= 15 is 0 Å². The van der Waals surface area contributed by atoms with Crippen molar-refractivity contribution in [1.82, 2.24) is 63.8 Å². The minimum absolute atomic E-state index is 0.0453. The second kappa shape index (κ2) is 34.0. The van der Waals surface area contributed by atoms with Gasteiger partial charge < -0.3 is 69.5 Å². The molecule has 0 spiro atoms. The molecule has 0 aromatic heterocycles. The molecule has 11 fully saturated rings. The zero-order valence-electron chi connectivity index (χ0n) is 57.9. The summed E-state index contributed by atoms with van der Waals surface area (Å²) in [4.78, 5) is 177. The normalized spacial score (nSPS) is 36.5. The van der Waals surface area contributed by atoms with Crippen LogP contribution in [0.15, 0.2) is 0 Å². The molecule has 13 amide bonds. The molecule has 0 aromatic rings. The SMILES string of the molecule is CC(=O)N[C@H]1CCC[C@@H]1C(=O)N[C@H]1CCC[C@@H]1C(=O)N[C@@H](CS)CC(=O)N[C@H]1CCC[C@@H]1C(=O)N[C@H]1CCC[C@@H]1C(=O)N[C@H]1CCC[C@@H]1C(=O)N[C@H]1CCC[C@@H]1C(=O)N[C@H]1CCC[C@@H]1C(=O)N[C@H]1CCC[C@@H]1C(=O)N[C@H]1CCC[C@@H]1C(=O)N[C@H]1CCC[C@@H]1C(=O)N[C@H]1CCC[C@@H]1C(N)=O. The Morgan fingerprint density at radius 3 is 0.657 bits per heavy atom. The second-order valence-electron chi connectivity index (χ2n) is 31.4. The highest BCUT2D eigenvalue weighted by Crippen LogP contribution is 2.38. The van der Waals surface area contributed by atoms with E-state index in [1.165, 1.54) is 6.92 Å². The summed E-state index contributed by atoms with van der Waals surface area (Å²) in [5.74, 6) is -7.77. The number of thiol groups is 1. The van der Waals surface area contributed by atoms with Crippen LogP contribution in [0.5, 0.6) is 0 Å². The van der Waals surface area contributed by atoms with Crippen LogP contribution in [0, 0.1) is 65.1 Å². The van der Waals surface area contributed by atoms with Crippen LogP contribution < -0.4 is 69.5 Å². The summed E-state index contributed by atoms with van der Waals surface area (Å²) < 4.78 is 0. The smallest absolute Gasteiger partial charge is 0.225 e. The van der Waals surface area contributed by atoms with Crippen molar-refractivity contribution in [2.24, 2.45) is 70.8 Å². The van der Waals surface area contributed by atoms with Crippen molar-refractivity contribution in [1.29, 1.82) is 0 Å². The molecule has 0 radical (unpaired) electrons. The lowest BCUT2D eigenvalue weighted by molar-refractivity contribution is -0.132. The number of hydrogen-bond acceptors (Lipinski definition) is 14. The van der Waals surface area contributed by atoms with E-state index in [1.807, 2.05) is 0 Å². The molecule has 11 aliphatic rings. The molecule has 14 N–H and O–H groups in total. The van der Waals surface area contributed by atoms with Crippen LogP contribution >= 0.6 is 12.6 Å². The first-order valence-corrected chi connectivity index (χ1v) is 38.8. The van der Waals surface area contributed by atoms with Crippen LogP contribution in [0.4, 0.5) is 0 Å². The van der Waals surface area contributed by atoms with Gasteiger partial charge in [-0.1, -0.05) is 70.6 Å². The number of carbonyl (C=O) groups is 13. The molecule has 27 heteroatoms. The Balaban J connectivity index is 0.598. The van der Waals surface area contributed by atoms with E-state index < -0.39 is 101 Å². The number of rotatable bonds is 26. The predicted molar refractivity (Wildman–Crippen MR) is 367 cm³/mol. The van der Waals surface area contributed by atoms with E-state index in [1.54, 1.807) is 0 Å². The number of hydrogen-bond donors (Lipinski definition) is 14. The van der Waals surface area contributed by atoms with Crippen molar-refractivity contribution in [3.05, 3.63) is 0 Å². The Bertz CT molecular complexity index is 3010. The van der Waals surface area contributed by atoms with Crippen LogP contribution in [0.1, 0.15) is 225 Å². The average molecular weight is 1400 g/mol. The van der Waals surface area contributed by atoms with Gasteiger partial charge in [0, 0.05) is 91.6 Å². The Hall–Kier alpha value is -6.54. The standard InChI is InChI=1S/C72H111N13O13S/c1-37(86)74-51-25-3-14-40(51)64(90)78-53-27-5-16-42(53)63(89)75-38(36-99)35-61(87)76-52-26-4-15-41(52)65(91)79-55-29-7-18-44(55)67(93)81-57-31-9-20-46(57)69(95)83-59-33-11-22-48(59)71(97)85-60-34-12-23-49(60)72(98)84-58-32-10-21-47(58)70(96)82-56-30-8-19-45(56)68(94)80-54-28-6-17-43(54)66(92)77-50-24-2-13-39(50)62(73)88/h38-60,99H,2-36H2,1H3,(H2,73,88)(H,74,86)(H,75,89)(H,76,87)(H,77,92)(H,78,90)(H,79,91)(H,80,94)(H,81,93)(H,82,96)(H,83,95)(H,84,98)(H,85,97)/t38-,39+,40+,41+,42+,43+,44+,45+,46+,47+,48+,49+,50+,51+,52+,53+,54+,55+,56+,57+,58+,59+,60+/m1/s1. The minimum atomic E-state index is -0.587. The third-order valence-corrected chi connectivity index (χ3v) is 25.5. The van der Waals surface area contributed by atoms with Gasteiger partial charge in [-0.05, 0) is 141 Å². The van der Waals surface area contributed by atoms with Gasteiger partial charge >= 0.3 is 0 Å². The van der Waals surface area contributed by atoms with Crippen LogP contribution in [-0.2, 0) is 62.3 Å². The van der Waals surface area contributed by atoms with Gasteiger partial charge in [-0.25, -0.2) is 0 Å². The molecular formula is C72H111N13O13S. The molecule has 0 unspecified atom stereocenters. The maximum atomic E-state index is 14.2. The minimum Gasteiger partial charge on any atom is -0.369 e. The highest BCUT2D eigenvalue weighted by atomic mass is 32.1. The molecule has 11 aliphatic carbocycles. The van der Waals surface area contributed by atoms with Crippen molar-refractivity contribution >= 4 is 89.4 Å². The van der Waals surface area contributed by atoms with Crippen molar-refractivity contribution in [2.75, 3.05) is 5.75 Å². The Labute approximate surface area is 587 Å². The summed E-state index contributed by atoms with van der Waals surface area (Å²) in [5, 5.41) is 37.5. The van der Waals surface area contributed by atoms with Gasteiger partial charge in [0.25, 0.3) is 0 Å². The molecular weight excluding hydrogens is 1290 g/mol. The maximum Gasteiger partial charge on any atom is 0.225 e. The van der Waals surface area contributed by atoms with Gasteiger partial charge in [-0.15, -0.1) is 0 Å². The first kappa shape index (κ1) is 73.7. The zero-order chi connectivity index (χ0) is 70.0. The Morgan fingerprint density at radius 1 is 0.273 bits per heavy atom. The number of nitrogens with two attached hydrogens (primary N) is 1. The first-order valence-electron chi connectivity index (χ1n) is 38.2. The summed E-state index contributed by atoms with van der Waals surface area (Å²) in [5.41, 5.74) is 5.61. The third kappa shape index (κ3) is 18.0. The van der Waals surface area contributed by atoms with Crippen molar-refractivity contribution in [3.8, 4) is 0 Å². The Kier molecular flexibility index (Phi) is 25.3. The first-order chi connectivity index (χ1) is 47.7. The molecule has 23 atom stereocenters. The van der Waals surface area contributed by atoms with Crippen molar-refractivity contribution < 1.29 is 62.3 Å². The van der Waals surface area contributed by atoms with Gasteiger partial charge in [0.05, 0.1) is 65.1 Å². The number of primary amides is 1. The van der Waals surface area contributed by atoms with E-state index in [0.717, 1.165) is 77.0 Å². The monoisotopic (exact) mass is 1400 g/mol. The third-order valence-electron chi connectivity index (χ3n) is 25.1. The van der Waals surface area contributed by atoms with Crippen LogP contribution in [-0.4, -0.2) is 155 Å². The zero-order valence-corrected chi connectivity index (χ0v) is 58.8. The van der Waals surface area contributed by atoms with Gasteiger partial charge in [-0.2, -0.15) is 12.6 Å². The van der Waals surface area contributed by atoms with Gasteiger partial charge in [0.15, 0.2) is 0 Å². The Morgan fingerprint density at radius 2 is 0.455 bits per heavy atom. The van der Waals surface area contributed by atoms with Crippen molar-refractivity contribution in [3.63, 3.8) is 0 Å². The number of carbonyl (C=O) groups excluding carboxylic acids is 13. The molecule has 99 heavy (non-hydrogen) atoms. The fraction of sp³-hybridized carbons (Fsp3) is 0.819. The fourth-order valence-corrected chi connectivity index (χ4v) is 20.0. The molecule has 26 nitrogen and oxygen atoms in total. The summed E-state index contributed by atoms with van der Waals surface area (Å²) >= 11 is 4.47. The lowest BCUT2D eigenvalue weighted by atomic mass is 9.95. The maximum absolute atomic E-state index is 14.2. The predicted octanol–water partition coefficient (Wildman–Crippen LogP) is 2.43. The fourth-order valence-electron chi connectivity index (χ4n) is 19.8. The second-order valence-corrected chi connectivity index (χ2v) is 31.8. The molecule has 0 saturated heterocycles. The van der Waals surface area contributed by atoms with Gasteiger partial charge in [0.2, 0.25) is 76.8 Å². The quantitative estimate of drug-likeness (QED) is 0.0554. The summed E-state index contributed by atoms with van der Waals surface area (Å²) in [6.45, 7) is 1.44. The van der Waals surface area contributed by atoms with E-state index in [4.69, 9.17) is 5.73 Å². The molecule has 0 heterocycles. The lowest BCUT2D eigenvalue weighted by Crippen LogP contribution is -2.54. The van der Waals surface area contributed by atoms with E-state index in [9.17, 15) is 62.3 Å². The van der Waals surface area contributed by atoms with E-state index in [-0.39, 0.29) is 125 Å². The summed E-state index contributed by atoms with van der Waals surface area (Å²) in [7, 11) is 0. The van der Waals surface area contributed by atoms with Gasteiger partial charge in [-0.3, -0.25) is 62.3 Å². The summed E-state index contributed by atoms with van der Waals surface area (Å²) in [6, 6.07) is -4.73. The number of nitrogens with one attached hydrogen (secondary N) is 12. The van der Waals surface area contributed by atoms with Crippen LogP contribution in [0.3, 0.4) is 0 Å². The highest BCUT2D eigenvalue weighted by Gasteiger charge is 2.48. The van der Waals surface area contributed by atoms with Crippen molar-refractivity contribution in [2.45, 2.75) is 298 Å². The van der Waals surface area contributed by atoms with E-state index in [0.29, 0.717) is 135 Å². The molecule has 0 aromatic carbocycles. The molecule has 11 saturated carbocycles. The largest absolute Gasteiger partial charge is 0.369 e. The lowest BCUT2D eigenvalue weighted by Gasteiger charge is -2.29. The van der Waals surface area contributed by atoms with Gasteiger partial charge in [0.1, 0.15) is 0 Å². The molecule has 0 aliphatic heterocycles. The molecule has 548 valence electrons. The van der Waals surface area contributed by atoms with Crippen LogP contribution in [0.25, 0.3) is 0 Å². The van der Waals surface area contributed by atoms with Crippen LogP contribution in [0.2, 0.25) is 0 Å². The topological polar surface area (TPSA) is 392 Å². The average Bonchev–Trinajstić information content (AvgIpc) is 1.75. The molecule has 0 bridgehead atoms. The summed E-state index contributed by atoms with van der Waals surface area (Å²) in [6.07, 6.45) is 21.9.